The van der Waals surface area contributed by atoms with E-state index in [1.54, 1.807) is 0 Å². The predicted octanol–water partition coefficient (Wildman–Crippen LogP) is 13.5. The quantitative estimate of drug-likeness (QED) is 0.184. The summed E-state index contributed by atoms with van der Waals surface area (Å²) in [5.41, 5.74) is 8.90. The zero-order valence-electron chi connectivity index (χ0n) is 24.9. The first-order chi connectivity index (χ1) is 21.5. The van der Waals surface area contributed by atoms with Crippen LogP contribution < -0.4 is 5.32 Å². The number of amides is 1. The van der Waals surface area contributed by atoms with Gasteiger partial charge in [-0.2, -0.15) is 0 Å². The van der Waals surface area contributed by atoms with Crippen LogP contribution in [-0.4, -0.2) is 5.91 Å². The summed E-state index contributed by atoms with van der Waals surface area (Å²) < 4.78 is 4.04. The number of fused-ring (bicyclic) bond motifs is 1. The summed E-state index contributed by atoms with van der Waals surface area (Å²) in [6, 6.07) is 40.2. The third kappa shape index (κ3) is 6.62. The molecule has 0 saturated carbocycles. The number of nitrogens with one attached hydrogen (secondary N) is 1. The van der Waals surface area contributed by atoms with Crippen LogP contribution in [0.1, 0.15) is 20.8 Å². The molecular weight excluding hydrogens is 818 g/mol. The molecule has 6 rings (SSSR count). The highest BCUT2D eigenvalue weighted by Gasteiger charge is 2.27. The minimum atomic E-state index is -0.569. The van der Waals surface area contributed by atoms with Crippen LogP contribution in [0.25, 0.3) is 55.3 Å². The van der Waals surface area contributed by atoms with Gasteiger partial charge in [0.25, 0.3) is 0 Å². The van der Waals surface area contributed by atoms with Crippen molar-refractivity contribution >= 4 is 86.1 Å². The number of halogens is 4. The van der Waals surface area contributed by atoms with Gasteiger partial charge in [0.2, 0.25) is 5.91 Å². The molecule has 2 nitrogen and oxygen atoms in total. The van der Waals surface area contributed by atoms with Gasteiger partial charge in [0.1, 0.15) is 0 Å². The van der Waals surface area contributed by atoms with E-state index in [-0.39, 0.29) is 5.91 Å². The molecule has 0 aliphatic carbocycles. The van der Waals surface area contributed by atoms with E-state index in [0.29, 0.717) is 0 Å². The van der Waals surface area contributed by atoms with E-state index in [1.165, 1.54) is 0 Å². The van der Waals surface area contributed by atoms with Crippen molar-refractivity contribution in [3.63, 3.8) is 0 Å². The Morgan fingerprint density at radius 2 is 0.844 bits per heavy atom. The van der Waals surface area contributed by atoms with Gasteiger partial charge in [-0.15, -0.1) is 0 Å². The van der Waals surface area contributed by atoms with Crippen LogP contribution >= 0.6 is 63.7 Å². The summed E-state index contributed by atoms with van der Waals surface area (Å²) in [5, 5.41) is 5.37. The van der Waals surface area contributed by atoms with E-state index in [1.807, 2.05) is 32.9 Å². The Morgan fingerprint density at radius 3 is 1.24 bits per heavy atom. The summed E-state index contributed by atoms with van der Waals surface area (Å²) >= 11 is 14.6. The molecule has 0 saturated heterocycles. The van der Waals surface area contributed by atoms with Gasteiger partial charge < -0.3 is 5.32 Å². The lowest BCUT2D eigenvalue weighted by Crippen LogP contribution is -2.27. The molecule has 0 fully saturated rings. The second-order valence-corrected chi connectivity index (χ2v) is 15.6. The predicted molar refractivity (Wildman–Crippen MR) is 205 cm³/mol. The molecule has 6 aromatic carbocycles. The molecule has 0 spiro atoms. The normalized spacial score (nSPS) is 11.5. The molecule has 45 heavy (non-hydrogen) atoms. The molecule has 6 aromatic rings. The molecule has 1 N–H and O–H groups in total. The summed E-state index contributed by atoms with van der Waals surface area (Å²) in [6.07, 6.45) is 0. The standard InChI is InChI=1S/C39H29Br4NO/c1-39(2,3)38(45)44-32-6-4-5-31-33(23-7-15-27(40)16-8-23)34(24-9-17-28(41)18-10-24)35(25-11-19-29(42)20-12-25)36(37(31)32)26-13-21-30(43)22-14-26/h4-22H,1-3H3,(H,44,45). The van der Waals surface area contributed by atoms with Crippen LogP contribution in [0.15, 0.2) is 133 Å². The van der Waals surface area contributed by atoms with Crippen molar-refractivity contribution in [1.29, 1.82) is 0 Å². The number of carbonyl (C=O) groups excluding carboxylic acids is 1. The third-order valence-corrected chi connectivity index (χ3v) is 9.91. The number of hydrogen-bond acceptors (Lipinski definition) is 1. The van der Waals surface area contributed by atoms with Gasteiger partial charge in [-0.25, -0.2) is 0 Å². The van der Waals surface area contributed by atoms with Crippen molar-refractivity contribution in [3.05, 3.63) is 133 Å². The van der Waals surface area contributed by atoms with Crippen LogP contribution in [-0.2, 0) is 4.79 Å². The van der Waals surface area contributed by atoms with Gasteiger partial charge in [0, 0.05) is 39.9 Å². The van der Waals surface area contributed by atoms with Gasteiger partial charge in [-0.05, 0) is 98.9 Å². The fourth-order valence-electron chi connectivity index (χ4n) is 5.59. The minimum absolute atomic E-state index is 0.0378. The zero-order valence-corrected chi connectivity index (χ0v) is 31.2. The Kier molecular flexibility index (Phi) is 9.22. The molecule has 0 aromatic heterocycles. The van der Waals surface area contributed by atoms with Crippen molar-refractivity contribution in [2.75, 3.05) is 5.32 Å². The molecule has 0 radical (unpaired) electrons. The lowest BCUT2D eigenvalue weighted by atomic mass is 9.78. The fourth-order valence-corrected chi connectivity index (χ4v) is 6.64. The lowest BCUT2D eigenvalue weighted by Gasteiger charge is -2.26. The van der Waals surface area contributed by atoms with E-state index >= 15 is 0 Å². The first-order valence-electron chi connectivity index (χ1n) is 14.5. The van der Waals surface area contributed by atoms with E-state index in [4.69, 9.17) is 0 Å². The lowest BCUT2D eigenvalue weighted by molar-refractivity contribution is -0.123. The van der Waals surface area contributed by atoms with E-state index in [2.05, 4.69) is 172 Å². The van der Waals surface area contributed by atoms with E-state index < -0.39 is 5.41 Å². The Labute approximate surface area is 297 Å². The second kappa shape index (κ2) is 13.0. The number of rotatable bonds is 5. The molecule has 0 unspecified atom stereocenters. The Morgan fingerprint density at radius 1 is 0.489 bits per heavy atom. The molecule has 0 aliphatic heterocycles. The second-order valence-electron chi connectivity index (χ2n) is 12.0. The molecule has 6 heteroatoms. The third-order valence-electron chi connectivity index (χ3n) is 7.79. The Hall–Kier alpha value is -3.03. The zero-order chi connectivity index (χ0) is 31.9. The Bertz CT molecular complexity index is 2030. The summed E-state index contributed by atoms with van der Waals surface area (Å²) in [7, 11) is 0. The van der Waals surface area contributed by atoms with Gasteiger partial charge in [0.15, 0.2) is 0 Å². The smallest absolute Gasteiger partial charge is 0.229 e. The summed E-state index contributed by atoms with van der Waals surface area (Å²) in [6.45, 7) is 5.82. The monoisotopic (exact) mass is 843 g/mol. The maximum Gasteiger partial charge on any atom is 0.229 e. The minimum Gasteiger partial charge on any atom is -0.325 e. The molecule has 0 heterocycles. The van der Waals surface area contributed by atoms with Crippen LogP contribution in [0.2, 0.25) is 0 Å². The highest BCUT2D eigenvalue weighted by atomic mass is 79.9. The van der Waals surface area contributed by atoms with Gasteiger partial charge >= 0.3 is 0 Å². The number of carbonyl (C=O) groups is 1. The highest BCUT2D eigenvalue weighted by molar-refractivity contribution is 9.11. The molecule has 0 bridgehead atoms. The fraction of sp³-hybridized carbons (Fsp3) is 0.103. The van der Waals surface area contributed by atoms with Gasteiger partial charge in [-0.1, -0.05) is 145 Å². The van der Waals surface area contributed by atoms with Crippen molar-refractivity contribution in [2.45, 2.75) is 20.8 Å². The topological polar surface area (TPSA) is 29.1 Å². The summed E-state index contributed by atoms with van der Waals surface area (Å²) in [4.78, 5) is 13.5. The molecule has 0 atom stereocenters. The van der Waals surface area contributed by atoms with Crippen LogP contribution in [0.3, 0.4) is 0 Å². The van der Waals surface area contributed by atoms with Gasteiger partial charge in [-0.3, -0.25) is 4.79 Å². The van der Waals surface area contributed by atoms with Gasteiger partial charge in [0.05, 0.1) is 0 Å². The number of hydrogen-bond donors (Lipinski definition) is 1. The maximum atomic E-state index is 13.5. The van der Waals surface area contributed by atoms with E-state index in [9.17, 15) is 4.79 Å². The van der Waals surface area contributed by atoms with Crippen molar-refractivity contribution < 1.29 is 4.79 Å². The largest absolute Gasteiger partial charge is 0.325 e. The van der Waals surface area contributed by atoms with Crippen LogP contribution in [0.4, 0.5) is 5.69 Å². The number of benzene rings is 6. The maximum absolute atomic E-state index is 13.5. The SMILES string of the molecule is CC(C)(C)C(=O)Nc1cccc2c(-c3ccc(Br)cc3)c(-c3ccc(Br)cc3)c(-c3ccc(Br)cc3)c(-c3ccc(Br)cc3)c12. The highest BCUT2D eigenvalue weighted by Crippen LogP contribution is 2.53. The molecule has 224 valence electrons. The van der Waals surface area contributed by atoms with Crippen molar-refractivity contribution in [1.82, 2.24) is 0 Å². The van der Waals surface area contributed by atoms with E-state index in [0.717, 1.165) is 78.9 Å². The molecule has 0 aliphatic rings. The first kappa shape index (κ1) is 31.9. The molecule has 1 amide bonds. The number of anilines is 1. The average Bonchev–Trinajstić information content (AvgIpc) is 3.01. The summed E-state index contributed by atoms with van der Waals surface area (Å²) in [5.74, 6) is -0.0378. The van der Waals surface area contributed by atoms with Crippen molar-refractivity contribution in [3.8, 4) is 44.5 Å². The van der Waals surface area contributed by atoms with Crippen molar-refractivity contribution in [2.24, 2.45) is 5.41 Å². The van der Waals surface area contributed by atoms with Crippen LogP contribution in [0, 0.1) is 5.41 Å². The average molecular weight is 847 g/mol. The first-order valence-corrected chi connectivity index (χ1v) is 17.7. The molecular formula is C39H29Br4NO. The van der Waals surface area contributed by atoms with Crippen LogP contribution in [0.5, 0.6) is 0 Å². The Balaban J connectivity index is 1.89.